The first-order chi connectivity index (χ1) is 12.3. The van der Waals surface area contributed by atoms with Crippen molar-refractivity contribution in [3.05, 3.63) is 72.6 Å². The van der Waals surface area contributed by atoms with Crippen molar-refractivity contribution in [1.82, 2.24) is 9.55 Å². The molecule has 0 saturated carbocycles. The molecule has 0 aliphatic rings. The van der Waals surface area contributed by atoms with Crippen molar-refractivity contribution in [3.63, 3.8) is 0 Å². The molecule has 7 nitrogen and oxygen atoms in total. The Morgan fingerprint density at radius 3 is 2.58 bits per heavy atom. The van der Waals surface area contributed by atoms with Crippen molar-refractivity contribution in [2.24, 2.45) is 0 Å². The Balaban J connectivity index is 1.86. The number of nitrogens with zero attached hydrogens (tertiary/aromatic N) is 2. The van der Waals surface area contributed by atoms with Gasteiger partial charge in [-0.25, -0.2) is 17.8 Å². The Morgan fingerprint density at radius 2 is 1.88 bits per heavy atom. The average molecular weight is 374 g/mol. The van der Waals surface area contributed by atoms with Crippen molar-refractivity contribution in [2.75, 3.05) is 16.3 Å². The fourth-order valence-electron chi connectivity index (χ4n) is 2.33. The maximum atomic E-state index is 13.7. The molecule has 0 bridgehead atoms. The smallest absolute Gasteiger partial charge is 0.274 e. The van der Waals surface area contributed by atoms with Gasteiger partial charge in [-0.3, -0.25) is 14.1 Å². The van der Waals surface area contributed by atoms with Crippen LogP contribution < -0.4 is 10.0 Å². The first-order valence-electron chi connectivity index (χ1n) is 7.50. The molecule has 0 atom stereocenters. The third-order valence-corrected chi connectivity index (χ3v) is 4.02. The lowest BCUT2D eigenvalue weighted by molar-refractivity contribution is 0.102. The maximum Gasteiger partial charge on any atom is 0.274 e. The van der Waals surface area contributed by atoms with Crippen LogP contribution in [0.15, 0.2) is 61.1 Å². The number of aromatic nitrogens is 2. The van der Waals surface area contributed by atoms with E-state index >= 15 is 0 Å². The Bertz CT molecular complexity index is 1050. The van der Waals surface area contributed by atoms with Crippen molar-refractivity contribution >= 4 is 27.3 Å². The highest BCUT2D eigenvalue weighted by Gasteiger charge is 2.15. The summed E-state index contributed by atoms with van der Waals surface area (Å²) in [5.41, 5.74) is 1.03. The highest BCUT2D eigenvalue weighted by Crippen LogP contribution is 2.21. The number of anilines is 2. The van der Waals surface area contributed by atoms with E-state index in [1.807, 2.05) is 30.3 Å². The van der Waals surface area contributed by atoms with Gasteiger partial charge in [0.15, 0.2) is 0 Å². The monoisotopic (exact) mass is 374 g/mol. The molecule has 0 fully saturated rings. The maximum absolute atomic E-state index is 13.7. The van der Waals surface area contributed by atoms with E-state index in [4.69, 9.17) is 0 Å². The predicted octanol–water partition coefficient (Wildman–Crippen LogP) is 2.64. The molecule has 1 heterocycles. The summed E-state index contributed by atoms with van der Waals surface area (Å²) in [7, 11) is -3.65. The van der Waals surface area contributed by atoms with Crippen LogP contribution in [0.25, 0.3) is 5.69 Å². The molecule has 3 rings (SSSR count). The van der Waals surface area contributed by atoms with E-state index in [0.717, 1.165) is 18.0 Å². The van der Waals surface area contributed by atoms with E-state index < -0.39 is 21.7 Å². The van der Waals surface area contributed by atoms with Crippen molar-refractivity contribution in [2.45, 2.75) is 0 Å². The number of rotatable bonds is 5. The van der Waals surface area contributed by atoms with Crippen LogP contribution in [-0.4, -0.2) is 30.1 Å². The molecule has 26 heavy (non-hydrogen) atoms. The predicted molar refractivity (Wildman–Crippen MR) is 96.4 cm³/mol. The number of imidazole rings is 1. The molecule has 1 amide bonds. The lowest BCUT2D eigenvalue weighted by Gasteiger charge is -2.11. The number of carbonyl (C=O) groups is 1. The molecule has 3 aromatic rings. The molecule has 0 unspecified atom stereocenters. The van der Waals surface area contributed by atoms with E-state index in [0.29, 0.717) is 0 Å². The van der Waals surface area contributed by atoms with Gasteiger partial charge in [0.2, 0.25) is 10.0 Å². The Hall–Kier alpha value is -3.20. The van der Waals surface area contributed by atoms with Crippen LogP contribution >= 0.6 is 0 Å². The fourth-order valence-corrected chi connectivity index (χ4v) is 2.89. The third kappa shape index (κ3) is 4.06. The van der Waals surface area contributed by atoms with Crippen molar-refractivity contribution in [3.8, 4) is 5.69 Å². The first kappa shape index (κ1) is 17.6. The first-order valence-corrected chi connectivity index (χ1v) is 9.39. The van der Waals surface area contributed by atoms with Gasteiger partial charge >= 0.3 is 0 Å². The number of sulfonamides is 1. The molecule has 0 aliphatic carbocycles. The standard InChI is InChI=1S/C17H15FN4O3S/c1-26(24,25)21-15-9-12(7-8-14(15)18)20-17(23)16-10-19-11-22(16)13-5-3-2-4-6-13/h2-11,21H,1H3,(H,20,23). The van der Waals surface area contributed by atoms with Crippen LogP contribution in [0.1, 0.15) is 10.5 Å². The zero-order chi connectivity index (χ0) is 18.7. The zero-order valence-corrected chi connectivity index (χ0v) is 14.5. The van der Waals surface area contributed by atoms with Gasteiger partial charge in [-0.05, 0) is 30.3 Å². The summed E-state index contributed by atoms with van der Waals surface area (Å²) in [6.45, 7) is 0. The lowest BCUT2D eigenvalue weighted by Crippen LogP contribution is -2.17. The number of carbonyl (C=O) groups excluding carboxylic acids is 1. The van der Waals surface area contributed by atoms with E-state index in [9.17, 15) is 17.6 Å². The molecule has 0 radical (unpaired) electrons. The molecule has 9 heteroatoms. The van der Waals surface area contributed by atoms with Gasteiger partial charge < -0.3 is 5.32 Å². The molecule has 1 aromatic heterocycles. The fraction of sp³-hybridized carbons (Fsp3) is 0.0588. The second-order valence-electron chi connectivity index (χ2n) is 5.51. The Kier molecular flexibility index (Phi) is 4.72. The van der Waals surface area contributed by atoms with E-state index in [1.165, 1.54) is 24.7 Å². The minimum Gasteiger partial charge on any atom is -0.321 e. The van der Waals surface area contributed by atoms with Gasteiger partial charge in [-0.2, -0.15) is 0 Å². The van der Waals surface area contributed by atoms with Gasteiger partial charge in [0.1, 0.15) is 11.5 Å². The molecular weight excluding hydrogens is 359 g/mol. The molecule has 0 saturated heterocycles. The van der Waals surface area contributed by atoms with Crippen LogP contribution in [0.5, 0.6) is 0 Å². The lowest BCUT2D eigenvalue weighted by atomic mass is 10.2. The molecule has 134 valence electrons. The molecule has 2 N–H and O–H groups in total. The second kappa shape index (κ2) is 6.96. The van der Waals surface area contributed by atoms with Gasteiger partial charge in [0.25, 0.3) is 5.91 Å². The number of para-hydroxylation sites is 1. The number of hydrogen-bond donors (Lipinski definition) is 2. The minimum absolute atomic E-state index is 0.239. The zero-order valence-electron chi connectivity index (χ0n) is 13.7. The van der Waals surface area contributed by atoms with Gasteiger partial charge in [0, 0.05) is 11.4 Å². The Labute approximate surface area is 149 Å². The summed E-state index contributed by atoms with van der Waals surface area (Å²) in [5, 5.41) is 2.61. The quantitative estimate of drug-likeness (QED) is 0.718. The summed E-state index contributed by atoms with van der Waals surface area (Å²) < 4.78 is 40.0. The van der Waals surface area contributed by atoms with Crippen molar-refractivity contribution in [1.29, 1.82) is 0 Å². The highest BCUT2D eigenvalue weighted by atomic mass is 32.2. The van der Waals surface area contributed by atoms with E-state index in [1.54, 1.807) is 4.57 Å². The third-order valence-electron chi connectivity index (χ3n) is 3.43. The number of benzene rings is 2. The van der Waals surface area contributed by atoms with E-state index in [2.05, 4.69) is 15.0 Å². The summed E-state index contributed by atoms with van der Waals surface area (Å²) in [4.78, 5) is 16.5. The number of halogens is 1. The van der Waals surface area contributed by atoms with Crippen LogP contribution in [0.3, 0.4) is 0 Å². The van der Waals surface area contributed by atoms with Crippen LogP contribution in [0.4, 0.5) is 15.8 Å². The molecule has 0 aliphatic heterocycles. The normalized spacial score (nSPS) is 11.2. The second-order valence-corrected chi connectivity index (χ2v) is 7.26. The highest BCUT2D eigenvalue weighted by molar-refractivity contribution is 7.92. The minimum atomic E-state index is -3.65. The number of nitrogens with one attached hydrogen (secondary N) is 2. The SMILES string of the molecule is CS(=O)(=O)Nc1cc(NC(=O)c2cncn2-c2ccccc2)ccc1F. The Morgan fingerprint density at radius 1 is 1.15 bits per heavy atom. The summed E-state index contributed by atoms with van der Waals surface area (Å²) in [6, 6.07) is 12.8. The van der Waals surface area contributed by atoms with Crippen molar-refractivity contribution < 1.29 is 17.6 Å². The number of amides is 1. The summed E-state index contributed by atoms with van der Waals surface area (Å²) in [5.74, 6) is -1.22. The van der Waals surface area contributed by atoms with Crippen LogP contribution in [-0.2, 0) is 10.0 Å². The van der Waals surface area contributed by atoms with Gasteiger partial charge in [-0.1, -0.05) is 18.2 Å². The molecule has 0 spiro atoms. The topological polar surface area (TPSA) is 93.1 Å². The average Bonchev–Trinajstić information content (AvgIpc) is 3.07. The molecular formula is C17H15FN4O3S. The van der Waals surface area contributed by atoms with Gasteiger partial charge in [-0.15, -0.1) is 0 Å². The molecule has 2 aromatic carbocycles. The van der Waals surface area contributed by atoms with Crippen LogP contribution in [0.2, 0.25) is 0 Å². The number of hydrogen-bond acceptors (Lipinski definition) is 4. The summed E-state index contributed by atoms with van der Waals surface area (Å²) in [6.07, 6.45) is 3.82. The van der Waals surface area contributed by atoms with Gasteiger partial charge in [0.05, 0.1) is 24.5 Å². The largest absolute Gasteiger partial charge is 0.321 e. The van der Waals surface area contributed by atoms with Crippen LogP contribution in [0, 0.1) is 5.82 Å². The van der Waals surface area contributed by atoms with E-state index in [-0.39, 0.29) is 17.1 Å². The summed E-state index contributed by atoms with van der Waals surface area (Å²) >= 11 is 0.